The van der Waals surface area contributed by atoms with Crippen LogP contribution in [0.1, 0.15) is 37.2 Å². The van der Waals surface area contributed by atoms with Crippen molar-refractivity contribution < 1.29 is 4.74 Å². The van der Waals surface area contributed by atoms with Gasteiger partial charge in [-0.1, -0.05) is 53.5 Å². The Morgan fingerprint density at radius 3 is 2.52 bits per heavy atom. The van der Waals surface area contributed by atoms with Crippen LogP contribution in [0.4, 0.5) is 0 Å². The number of ether oxygens (including phenoxy) is 1. The standard InChI is InChI=1S/C23H27Cl2NO/c24-20-6-7-23(22(25)16-20)27-13-12-26-10-8-17(9-11-26)14-19-15-21(19)18-4-2-1-3-5-18/h1-7,16-17,19,21H,8-15H2/t19-,21+/m1/s1. The molecule has 1 aliphatic carbocycles. The summed E-state index contributed by atoms with van der Waals surface area (Å²) >= 11 is 12.1. The molecule has 2 nitrogen and oxygen atoms in total. The van der Waals surface area contributed by atoms with Gasteiger partial charge in [-0.2, -0.15) is 0 Å². The SMILES string of the molecule is Clc1ccc(OCCN2CCC(C[C@@H]3C[C@H]3c3ccccc3)CC2)c(Cl)c1. The van der Waals surface area contributed by atoms with Gasteiger partial charge in [-0.05, 0) is 80.3 Å². The molecule has 1 saturated heterocycles. The molecule has 0 spiro atoms. The lowest BCUT2D eigenvalue weighted by Crippen LogP contribution is -2.36. The Labute approximate surface area is 172 Å². The number of halogens is 2. The van der Waals surface area contributed by atoms with Crippen LogP contribution in [-0.4, -0.2) is 31.1 Å². The van der Waals surface area contributed by atoms with Gasteiger partial charge in [0.2, 0.25) is 0 Å². The second kappa shape index (κ2) is 8.86. The van der Waals surface area contributed by atoms with Crippen LogP contribution in [0.15, 0.2) is 48.5 Å². The average molecular weight is 404 g/mol. The van der Waals surface area contributed by atoms with Crippen molar-refractivity contribution in [2.45, 2.75) is 31.6 Å². The second-order valence-corrected chi connectivity index (χ2v) is 8.80. The first-order valence-electron chi connectivity index (χ1n) is 10.0. The van der Waals surface area contributed by atoms with Crippen molar-refractivity contribution in [1.29, 1.82) is 0 Å². The van der Waals surface area contributed by atoms with Gasteiger partial charge in [-0.15, -0.1) is 0 Å². The van der Waals surface area contributed by atoms with Crippen molar-refractivity contribution in [3.05, 3.63) is 64.1 Å². The summed E-state index contributed by atoms with van der Waals surface area (Å²) in [5, 5.41) is 1.22. The smallest absolute Gasteiger partial charge is 0.138 e. The molecule has 2 aromatic rings. The van der Waals surface area contributed by atoms with Gasteiger partial charge in [0.15, 0.2) is 0 Å². The van der Waals surface area contributed by atoms with E-state index in [1.54, 1.807) is 6.07 Å². The van der Waals surface area contributed by atoms with E-state index >= 15 is 0 Å². The third-order valence-corrected chi connectivity index (χ3v) is 6.58. The van der Waals surface area contributed by atoms with Gasteiger partial charge in [0, 0.05) is 11.6 Å². The van der Waals surface area contributed by atoms with E-state index in [0.29, 0.717) is 16.7 Å². The lowest BCUT2D eigenvalue weighted by molar-refractivity contribution is 0.149. The molecule has 144 valence electrons. The minimum atomic E-state index is 0.582. The van der Waals surface area contributed by atoms with Gasteiger partial charge in [0.05, 0.1) is 5.02 Å². The fourth-order valence-corrected chi connectivity index (χ4v) is 4.83. The van der Waals surface area contributed by atoms with Crippen LogP contribution in [0, 0.1) is 11.8 Å². The van der Waals surface area contributed by atoms with E-state index in [0.717, 1.165) is 30.0 Å². The highest BCUT2D eigenvalue weighted by Crippen LogP contribution is 2.51. The van der Waals surface area contributed by atoms with E-state index in [1.165, 1.54) is 44.3 Å². The van der Waals surface area contributed by atoms with Crippen LogP contribution in [0.25, 0.3) is 0 Å². The van der Waals surface area contributed by atoms with Crippen LogP contribution in [0.3, 0.4) is 0 Å². The first-order chi connectivity index (χ1) is 13.2. The molecular weight excluding hydrogens is 377 g/mol. The van der Waals surface area contributed by atoms with E-state index < -0.39 is 0 Å². The molecule has 1 heterocycles. The minimum absolute atomic E-state index is 0.582. The Hall–Kier alpha value is -1.22. The zero-order chi connectivity index (χ0) is 18.6. The molecule has 0 amide bonds. The predicted octanol–water partition coefficient (Wildman–Crippen LogP) is 6.28. The van der Waals surface area contributed by atoms with E-state index in [4.69, 9.17) is 27.9 Å². The molecule has 4 heteroatoms. The summed E-state index contributed by atoms with van der Waals surface area (Å²) in [5.74, 6) is 3.35. The Morgan fingerprint density at radius 1 is 1.00 bits per heavy atom. The maximum atomic E-state index is 6.16. The largest absolute Gasteiger partial charge is 0.491 e. The molecule has 0 radical (unpaired) electrons. The molecule has 0 unspecified atom stereocenters. The lowest BCUT2D eigenvalue weighted by atomic mass is 9.90. The Bertz CT molecular complexity index is 743. The number of piperidine rings is 1. The number of hydrogen-bond donors (Lipinski definition) is 0. The molecule has 0 N–H and O–H groups in total. The summed E-state index contributed by atoms with van der Waals surface area (Å²) in [4.78, 5) is 2.52. The maximum Gasteiger partial charge on any atom is 0.138 e. The highest BCUT2D eigenvalue weighted by molar-refractivity contribution is 6.35. The molecule has 2 atom stereocenters. The minimum Gasteiger partial charge on any atom is -0.491 e. The third-order valence-electron chi connectivity index (χ3n) is 6.05. The summed E-state index contributed by atoms with van der Waals surface area (Å²) < 4.78 is 5.83. The fourth-order valence-electron chi connectivity index (χ4n) is 4.37. The van der Waals surface area contributed by atoms with Crippen LogP contribution in [0.2, 0.25) is 10.0 Å². The highest BCUT2D eigenvalue weighted by Gasteiger charge is 2.39. The van der Waals surface area contributed by atoms with Crippen molar-refractivity contribution in [3.8, 4) is 5.75 Å². The van der Waals surface area contributed by atoms with Crippen molar-refractivity contribution in [2.75, 3.05) is 26.2 Å². The Balaban J connectivity index is 1.15. The van der Waals surface area contributed by atoms with Gasteiger partial charge in [0.25, 0.3) is 0 Å². The Morgan fingerprint density at radius 2 is 1.78 bits per heavy atom. The summed E-state index contributed by atoms with van der Waals surface area (Å²) in [7, 11) is 0. The quantitative estimate of drug-likeness (QED) is 0.539. The van der Waals surface area contributed by atoms with Gasteiger partial charge < -0.3 is 4.74 Å². The van der Waals surface area contributed by atoms with Crippen molar-refractivity contribution in [1.82, 2.24) is 4.90 Å². The van der Waals surface area contributed by atoms with Crippen LogP contribution in [0.5, 0.6) is 5.75 Å². The molecule has 2 aromatic carbocycles. The van der Waals surface area contributed by atoms with Gasteiger partial charge >= 0.3 is 0 Å². The molecule has 4 rings (SSSR count). The topological polar surface area (TPSA) is 12.5 Å². The molecular formula is C23H27Cl2NO. The predicted molar refractivity (Wildman–Crippen MR) is 113 cm³/mol. The van der Waals surface area contributed by atoms with Crippen molar-refractivity contribution in [2.24, 2.45) is 11.8 Å². The summed E-state index contributed by atoms with van der Waals surface area (Å²) in [5.41, 5.74) is 1.54. The summed E-state index contributed by atoms with van der Waals surface area (Å²) in [6.45, 7) is 4.00. The van der Waals surface area contributed by atoms with E-state index in [-0.39, 0.29) is 0 Å². The van der Waals surface area contributed by atoms with E-state index in [9.17, 15) is 0 Å². The average Bonchev–Trinajstić information content (AvgIpc) is 3.45. The zero-order valence-corrected chi connectivity index (χ0v) is 17.1. The maximum absolute atomic E-state index is 6.16. The van der Waals surface area contributed by atoms with Crippen LogP contribution in [-0.2, 0) is 0 Å². The van der Waals surface area contributed by atoms with Crippen molar-refractivity contribution in [3.63, 3.8) is 0 Å². The van der Waals surface area contributed by atoms with Crippen LogP contribution >= 0.6 is 23.2 Å². The van der Waals surface area contributed by atoms with E-state index in [1.807, 2.05) is 12.1 Å². The molecule has 0 bridgehead atoms. The molecule has 1 aliphatic heterocycles. The summed E-state index contributed by atoms with van der Waals surface area (Å²) in [6, 6.07) is 16.4. The Kier molecular flexibility index (Phi) is 6.27. The second-order valence-electron chi connectivity index (χ2n) is 7.96. The van der Waals surface area contributed by atoms with Gasteiger partial charge in [-0.25, -0.2) is 0 Å². The summed E-state index contributed by atoms with van der Waals surface area (Å²) in [6.07, 6.45) is 5.43. The first-order valence-corrected chi connectivity index (χ1v) is 10.8. The van der Waals surface area contributed by atoms with E-state index in [2.05, 4.69) is 35.2 Å². The zero-order valence-electron chi connectivity index (χ0n) is 15.6. The van der Waals surface area contributed by atoms with Crippen molar-refractivity contribution >= 4 is 23.2 Å². The number of rotatable bonds is 7. The molecule has 27 heavy (non-hydrogen) atoms. The monoisotopic (exact) mass is 403 g/mol. The lowest BCUT2D eigenvalue weighted by Gasteiger charge is -2.32. The molecule has 2 fully saturated rings. The number of benzene rings is 2. The normalized spacial score (nSPS) is 23.3. The van der Waals surface area contributed by atoms with Crippen LogP contribution < -0.4 is 4.74 Å². The fraction of sp³-hybridized carbons (Fsp3) is 0.478. The van der Waals surface area contributed by atoms with Gasteiger partial charge in [-0.3, -0.25) is 4.90 Å². The number of hydrogen-bond acceptors (Lipinski definition) is 2. The number of likely N-dealkylation sites (tertiary alicyclic amines) is 1. The first kappa shape index (κ1) is 19.1. The molecule has 2 aliphatic rings. The third kappa shape index (κ3) is 5.19. The van der Waals surface area contributed by atoms with Gasteiger partial charge in [0.1, 0.15) is 12.4 Å². The molecule has 0 aromatic heterocycles. The number of nitrogens with zero attached hydrogens (tertiary/aromatic N) is 1. The highest BCUT2D eigenvalue weighted by atomic mass is 35.5. The molecule has 1 saturated carbocycles.